The van der Waals surface area contributed by atoms with Crippen LogP contribution < -0.4 is 0 Å². The molecule has 1 aliphatic rings. The number of hydrogen-bond acceptors (Lipinski definition) is 4. The van der Waals surface area contributed by atoms with E-state index in [1.165, 1.54) is 24.0 Å². The molecule has 1 fully saturated rings. The molecule has 1 aromatic rings. The van der Waals surface area contributed by atoms with Crippen molar-refractivity contribution in [1.29, 1.82) is 0 Å². The summed E-state index contributed by atoms with van der Waals surface area (Å²) in [4.78, 5) is 11.5. The molecule has 0 radical (unpaired) electrons. The van der Waals surface area contributed by atoms with Crippen LogP contribution in [0.5, 0.6) is 0 Å². The molecule has 4 heteroatoms. The van der Waals surface area contributed by atoms with Gasteiger partial charge in [-0.2, -0.15) is 0 Å². The second-order valence-electron chi connectivity index (χ2n) is 8.46. The Morgan fingerprint density at radius 2 is 2.14 bits per heavy atom. The predicted octanol–water partition coefficient (Wildman–Crippen LogP) is 5.78. The highest BCUT2D eigenvalue weighted by atomic mass is 16.6. The Morgan fingerprint density at radius 1 is 1.34 bits per heavy atom. The number of aliphatic hydroxyl groups excluding tert-OH is 1. The van der Waals surface area contributed by atoms with Crippen molar-refractivity contribution in [3.05, 3.63) is 60.1 Å². The SMILES string of the molecule is C=C(CCCC(C)=CC=C[C@@H](C)CCCc1ccoc1)C[C@@H]1OC(=O)[C@H](C)[C@@H]1O. The Balaban J connectivity index is 1.59. The molecule has 1 aromatic heterocycles. The van der Waals surface area contributed by atoms with Crippen molar-refractivity contribution in [2.75, 3.05) is 0 Å². The maximum atomic E-state index is 11.5. The van der Waals surface area contributed by atoms with Gasteiger partial charge >= 0.3 is 5.97 Å². The highest BCUT2D eigenvalue weighted by Crippen LogP contribution is 2.27. The minimum absolute atomic E-state index is 0.309. The van der Waals surface area contributed by atoms with E-state index in [2.05, 4.69) is 38.7 Å². The highest BCUT2D eigenvalue weighted by molar-refractivity contribution is 5.75. The topological polar surface area (TPSA) is 59.7 Å². The van der Waals surface area contributed by atoms with Gasteiger partial charge in [0.2, 0.25) is 0 Å². The number of esters is 1. The summed E-state index contributed by atoms with van der Waals surface area (Å²) in [6.45, 7) is 10.2. The van der Waals surface area contributed by atoms with Crippen LogP contribution in [0.2, 0.25) is 0 Å². The zero-order chi connectivity index (χ0) is 21.2. The van der Waals surface area contributed by atoms with Crippen molar-refractivity contribution < 1.29 is 19.1 Å². The lowest BCUT2D eigenvalue weighted by Gasteiger charge is -2.15. The van der Waals surface area contributed by atoms with Gasteiger partial charge in [-0.15, -0.1) is 0 Å². The normalized spacial score (nSPS) is 23.5. The molecule has 1 N–H and O–H groups in total. The van der Waals surface area contributed by atoms with Gasteiger partial charge in [-0.05, 0) is 69.9 Å². The summed E-state index contributed by atoms with van der Waals surface area (Å²) in [6.07, 6.45) is 15.9. The molecule has 2 heterocycles. The van der Waals surface area contributed by atoms with E-state index in [-0.39, 0.29) is 5.97 Å². The standard InChI is InChI=1S/C25H36O4/c1-18(8-5-9-19(2)11-7-13-22-14-15-28-17-22)10-6-12-20(3)16-23-24(26)21(4)25(27)29-23/h5,8-9,14-15,17,19,21,23-24,26H,3,6-7,10-13,16H2,1-2,4H3/t19-,21-,23+,24+/m1/s1. The number of allylic oxidation sites excluding steroid dienone is 4. The fraction of sp³-hybridized carbons (Fsp3) is 0.560. The molecule has 160 valence electrons. The first-order valence-electron chi connectivity index (χ1n) is 10.8. The van der Waals surface area contributed by atoms with E-state index in [1.54, 1.807) is 13.2 Å². The maximum Gasteiger partial charge on any atom is 0.311 e. The van der Waals surface area contributed by atoms with E-state index in [1.807, 2.05) is 12.3 Å². The van der Waals surface area contributed by atoms with Crippen LogP contribution in [0.15, 0.2) is 59.0 Å². The fourth-order valence-corrected chi connectivity index (χ4v) is 3.61. The molecule has 0 spiro atoms. The number of cyclic esters (lactones) is 1. The summed E-state index contributed by atoms with van der Waals surface area (Å²) < 4.78 is 10.3. The van der Waals surface area contributed by atoms with Crippen molar-refractivity contribution >= 4 is 5.97 Å². The maximum absolute atomic E-state index is 11.5. The third kappa shape index (κ3) is 8.06. The van der Waals surface area contributed by atoms with Gasteiger partial charge in [0.25, 0.3) is 0 Å². The lowest BCUT2D eigenvalue weighted by molar-refractivity contribution is -0.143. The molecular weight excluding hydrogens is 364 g/mol. The fourth-order valence-electron chi connectivity index (χ4n) is 3.61. The first-order chi connectivity index (χ1) is 13.9. The molecule has 0 aromatic carbocycles. The minimum atomic E-state index is -0.715. The molecule has 0 bridgehead atoms. The van der Waals surface area contributed by atoms with Gasteiger partial charge in [-0.3, -0.25) is 4.79 Å². The zero-order valence-corrected chi connectivity index (χ0v) is 18.1. The van der Waals surface area contributed by atoms with E-state index in [0.29, 0.717) is 12.3 Å². The first-order valence-corrected chi connectivity index (χ1v) is 10.8. The number of hydrogen-bond donors (Lipinski definition) is 1. The predicted molar refractivity (Wildman–Crippen MR) is 116 cm³/mol. The van der Waals surface area contributed by atoms with E-state index in [9.17, 15) is 9.90 Å². The van der Waals surface area contributed by atoms with Crippen molar-refractivity contribution in [3.8, 4) is 0 Å². The Bertz CT molecular complexity index is 698. The lowest BCUT2D eigenvalue weighted by Crippen LogP contribution is -2.25. The van der Waals surface area contributed by atoms with Crippen LogP contribution in [0.3, 0.4) is 0 Å². The third-order valence-corrected chi connectivity index (χ3v) is 5.65. The number of carbonyl (C=O) groups is 1. The second-order valence-corrected chi connectivity index (χ2v) is 8.46. The summed E-state index contributed by atoms with van der Waals surface area (Å²) in [5.74, 6) is -0.178. The highest BCUT2D eigenvalue weighted by Gasteiger charge is 2.40. The Morgan fingerprint density at radius 3 is 2.79 bits per heavy atom. The molecule has 0 amide bonds. The Hall–Kier alpha value is -2.07. The third-order valence-electron chi connectivity index (χ3n) is 5.65. The summed E-state index contributed by atoms with van der Waals surface area (Å²) in [7, 11) is 0. The van der Waals surface area contributed by atoms with Gasteiger partial charge in [0.1, 0.15) is 12.2 Å². The molecule has 29 heavy (non-hydrogen) atoms. The van der Waals surface area contributed by atoms with E-state index in [0.717, 1.165) is 31.3 Å². The molecule has 0 saturated carbocycles. The lowest BCUT2D eigenvalue weighted by atomic mass is 9.96. The average Bonchev–Trinajstić information content (AvgIpc) is 3.27. The number of rotatable bonds is 12. The van der Waals surface area contributed by atoms with Gasteiger partial charge in [-0.25, -0.2) is 0 Å². The number of aryl methyl sites for hydroxylation is 1. The first kappa shape index (κ1) is 23.2. The van der Waals surface area contributed by atoms with Gasteiger partial charge in [0.05, 0.1) is 18.4 Å². The van der Waals surface area contributed by atoms with Crippen molar-refractivity contribution in [1.82, 2.24) is 0 Å². The molecule has 1 saturated heterocycles. The largest absolute Gasteiger partial charge is 0.472 e. The van der Waals surface area contributed by atoms with Crippen molar-refractivity contribution in [2.45, 2.75) is 77.9 Å². The molecule has 2 rings (SSSR count). The van der Waals surface area contributed by atoms with Gasteiger partial charge in [-0.1, -0.05) is 42.9 Å². The monoisotopic (exact) mass is 400 g/mol. The number of furan rings is 1. The van der Waals surface area contributed by atoms with Crippen LogP contribution >= 0.6 is 0 Å². The van der Waals surface area contributed by atoms with Crippen LogP contribution in [0.4, 0.5) is 0 Å². The van der Waals surface area contributed by atoms with Gasteiger partial charge in [0.15, 0.2) is 0 Å². The van der Waals surface area contributed by atoms with Crippen molar-refractivity contribution in [2.24, 2.45) is 11.8 Å². The van der Waals surface area contributed by atoms with E-state index < -0.39 is 18.1 Å². The zero-order valence-electron chi connectivity index (χ0n) is 18.1. The summed E-state index contributed by atoms with van der Waals surface area (Å²) >= 11 is 0. The van der Waals surface area contributed by atoms with E-state index in [4.69, 9.17) is 9.15 Å². The average molecular weight is 401 g/mol. The molecule has 4 nitrogen and oxygen atoms in total. The Kier molecular flexibility index (Phi) is 9.46. The molecule has 4 atom stereocenters. The van der Waals surface area contributed by atoms with Crippen LogP contribution in [0.25, 0.3) is 0 Å². The molecule has 1 aliphatic heterocycles. The van der Waals surface area contributed by atoms with Crippen LogP contribution in [0, 0.1) is 11.8 Å². The smallest absolute Gasteiger partial charge is 0.311 e. The van der Waals surface area contributed by atoms with Crippen LogP contribution in [-0.2, 0) is 16.0 Å². The number of ether oxygens (including phenoxy) is 1. The van der Waals surface area contributed by atoms with Gasteiger partial charge < -0.3 is 14.3 Å². The number of aliphatic hydroxyl groups is 1. The number of carbonyl (C=O) groups excluding carboxylic acids is 1. The quantitative estimate of drug-likeness (QED) is 0.274. The summed E-state index contributed by atoms with van der Waals surface area (Å²) in [5.41, 5.74) is 3.65. The van der Waals surface area contributed by atoms with Crippen molar-refractivity contribution in [3.63, 3.8) is 0 Å². The molecule has 0 aliphatic carbocycles. The Labute approximate surface area is 175 Å². The molecular formula is C25H36O4. The summed E-state index contributed by atoms with van der Waals surface area (Å²) in [6, 6.07) is 2.03. The van der Waals surface area contributed by atoms with Crippen LogP contribution in [0.1, 0.15) is 64.9 Å². The van der Waals surface area contributed by atoms with E-state index >= 15 is 0 Å². The summed E-state index contributed by atoms with van der Waals surface area (Å²) in [5, 5.41) is 10.0. The minimum Gasteiger partial charge on any atom is -0.472 e. The second kappa shape index (κ2) is 11.8. The van der Waals surface area contributed by atoms with Crippen LogP contribution in [-0.4, -0.2) is 23.3 Å². The van der Waals surface area contributed by atoms with Gasteiger partial charge in [0, 0.05) is 6.42 Å². The molecule has 0 unspecified atom stereocenters.